The second kappa shape index (κ2) is 9.39. The van der Waals surface area contributed by atoms with Crippen LogP contribution in [0.2, 0.25) is 0 Å². The molecule has 2 N–H and O–H groups in total. The highest BCUT2D eigenvalue weighted by Gasteiger charge is 2.13. The lowest BCUT2D eigenvalue weighted by Crippen LogP contribution is -2.36. The summed E-state index contributed by atoms with van der Waals surface area (Å²) in [6, 6.07) is 15.2. The number of hydrogen-bond donors (Lipinski definition) is 2. The van der Waals surface area contributed by atoms with Crippen LogP contribution in [-0.4, -0.2) is 51.0 Å². The molecule has 1 saturated heterocycles. The number of aliphatic hydroxyl groups is 1. The molecule has 2 aromatic carbocycles. The van der Waals surface area contributed by atoms with E-state index < -0.39 is 6.10 Å². The second-order valence-electron chi connectivity index (χ2n) is 6.54. The van der Waals surface area contributed by atoms with Gasteiger partial charge in [-0.1, -0.05) is 24.3 Å². The maximum absolute atomic E-state index is 12.1. The summed E-state index contributed by atoms with van der Waals surface area (Å²) in [7, 11) is 1.60. The van der Waals surface area contributed by atoms with Crippen LogP contribution in [0, 0.1) is 0 Å². The van der Waals surface area contributed by atoms with E-state index in [1.165, 1.54) is 0 Å². The Morgan fingerprint density at radius 2 is 1.96 bits per heavy atom. The van der Waals surface area contributed by atoms with Gasteiger partial charge in [-0.05, 0) is 35.4 Å². The number of nitrogens with zero attached hydrogens (tertiary/aromatic N) is 1. The van der Waals surface area contributed by atoms with Crippen molar-refractivity contribution in [2.75, 3.05) is 44.9 Å². The van der Waals surface area contributed by atoms with Gasteiger partial charge in [0.2, 0.25) is 5.91 Å². The van der Waals surface area contributed by atoms with Crippen molar-refractivity contribution < 1.29 is 19.4 Å². The molecule has 0 spiro atoms. The third-order valence-corrected chi connectivity index (χ3v) is 4.65. The van der Waals surface area contributed by atoms with Crippen molar-refractivity contribution in [2.24, 2.45) is 0 Å². The Morgan fingerprint density at radius 1 is 1.22 bits per heavy atom. The summed E-state index contributed by atoms with van der Waals surface area (Å²) < 4.78 is 10.5. The number of ether oxygens (including phenoxy) is 2. The first kappa shape index (κ1) is 19.2. The average Bonchev–Trinajstić information content (AvgIpc) is 2.73. The highest BCUT2D eigenvalue weighted by atomic mass is 16.5. The standard InChI is InChI=1S/C21H26N2O4/c1-26-19-4-2-3-16(13-19)14-21(25)22-15-20(24)17-5-7-18(8-6-17)23-9-11-27-12-10-23/h2-8,13,20,24H,9-12,14-15H2,1H3,(H,22,25). The predicted octanol–water partition coefficient (Wildman–Crippen LogP) is 1.92. The van der Waals surface area contributed by atoms with Crippen LogP contribution in [0.25, 0.3) is 0 Å². The Hall–Kier alpha value is -2.57. The molecular formula is C21H26N2O4. The van der Waals surface area contributed by atoms with Crippen LogP contribution in [0.5, 0.6) is 5.75 Å². The molecule has 0 bridgehead atoms. The Bertz CT molecular complexity index is 742. The molecule has 0 saturated carbocycles. The lowest BCUT2D eigenvalue weighted by Gasteiger charge is -2.29. The lowest BCUT2D eigenvalue weighted by molar-refractivity contribution is -0.120. The van der Waals surface area contributed by atoms with Crippen LogP contribution in [0.3, 0.4) is 0 Å². The van der Waals surface area contributed by atoms with Crippen LogP contribution in [0.15, 0.2) is 48.5 Å². The molecule has 1 unspecified atom stereocenters. The Morgan fingerprint density at radius 3 is 2.67 bits per heavy atom. The maximum Gasteiger partial charge on any atom is 0.224 e. The molecule has 0 radical (unpaired) electrons. The molecule has 0 aromatic heterocycles. The number of methoxy groups -OCH3 is 1. The molecule has 1 atom stereocenters. The molecule has 1 amide bonds. The van der Waals surface area contributed by atoms with Gasteiger partial charge in [-0.15, -0.1) is 0 Å². The summed E-state index contributed by atoms with van der Waals surface area (Å²) in [6.07, 6.45) is -0.488. The third-order valence-electron chi connectivity index (χ3n) is 4.65. The minimum atomic E-state index is -0.738. The quantitative estimate of drug-likeness (QED) is 0.779. The molecule has 2 aromatic rings. The van der Waals surface area contributed by atoms with Gasteiger partial charge in [0.25, 0.3) is 0 Å². The summed E-state index contributed by atoms with van der Waals surface area (Å²) in [5.41, 5.74) is 2.78. The lowest BCUT2D eigenvalue weighted by atomic mass is 10.1. The van der Waals surface area contributed by atoms with E-state index >= 15 is 0 Å². The summed E-state index contributed by atoms with van der Waals surface area (Å²) in [4.78, 5) is 14.4. The van der Waals surface area contributed by atoms with Gasteiger partial charge in [0.15, 0.2) is 0 Å². The zero-order valence-corrected chi connectivity index (χ0v) is 15.6. The average molecular weight is 370 g/mol. The largest absolute Gasteiger partial charge is 0.497 e. The van der Waals surface area contributed by atoms with E-state index in [4.69, 9.17) is 9.47 Å². The monoisotopic (exact) mass is 370 g/mol. The minimum Gasteiger partial charge on any atom is -0.497 e. The fraction of sp³-hybridized carbons (Fsp3) is 0.381. The van der Waals surface area contributed by atoms with E-state index in [1.54, 1.807) is 7.11 Å². The molecule has 6 heteroatoms. The summed E-state index contributed by atoms with van der Waals surface area (Å²) in [5.74, 6) is 0.591. The number of carbonyl (C=O) groups excluding carboxylic acids is 1. The van der Waals surface area contributed by atoms with Crippen LogP contribution in [0.1, 0.15) is 17.2 Å². The van der Waals surface area contributed by atoms with E-state index in [0.717, 1.165) is 48.9 Å². The van der Waals surface area contributed by atoms with Crippen molar-refractivity contribution in [3.05, 3.63) is 59.7 Å². The Kier molecular flexibility index (Phi) is 6.68. The van der Waals surface area contributed by atoms with Gasteiger partial charge in [-0.25, -0.2) is 0 Å². The number of nitrogens with one attached hydrogen (secondary N) is 1. The van der Waals surface area contributed by atoms with Crippen LogP contribution >= 0.6 is 0 Å². The zero-order valence-electron chi connectivity index (χ0n) is 15.6. The van der Waals surface area contributed by atoms with Gasteiger partial charge < -0.3 is 24.8 Å². The van der Waals surface area contributed by atoms with E-state index in [1.807, 2.05) is 48.5 Å². The molecule has 1 heterocycles. The molecule has 27 heavy (non-hydrogen) atoms. The number of hydrogen-bond acceptors (Lipinski definition) is 5. The SMILES string of the molecule is COc1cccc(CC(=O)NCC(O)c2ccc(N3CCOCC3)cc2)c1. The first-order valence-electron chi connectivity index (χ1n) is 9.16. The van der Waals surface area contributed by atoms with Gasteiger partial charge in [0.05, 0.1) is 32.8 Å². The van der Waals surface area contributed by atoms with Crippen LogP contribution in [0.4, 0.5) is 5.69 Å². The highest BCUT2D eigenvalue weighted by Crippen LogP contribution is 2.20. The number of benzene rings is 2. The van der Waals surface area contributed by atoms with Gasteiger partial charge in [-0.3, -0.25) is 4.79 Å². The second-order valence-corrected chi connectivity index (χ2v) is 6.54. The molecule has 1 fully saturated rings. The van der Waals surface area contributed by atoms with E-state index in [9.17, 15) is 9.90 Å². The van der Waals surface area contributed by atoms with Crippen LogP contribution in [-0.2, 0) is 16.0 Å². The summed E-state index contributed by atoms with van der Waals surface area (Å²) in [5, 5.41) is 13.1. The van der Waals surface area contributed by atoms with E-state index in [-0.39, 0.29) is 18.9 Å². The number of carbonyl (C=O) groups is 1. The number of amides is 1. The first-order valence-corrected chi connectivity index (χ1v) is 9.16. The van der Waals surface area contributed by atoms with Crippen molar-refractivity contribution in [3.63, 3.8) is 0 Å². The molecule has 1 aliphatic heterocycles. The Balaban J connectivity index is 1.49. The molecule has 0 aliphatic carbocycles. The van der Waals surface area contributed by atoms with Gasteiger partial charge >= 0.3 is 0 Å². The van der Waals surface area contributed by atoms with Crippen molar-refractivity contribution in [3.8, 4) is 5.75 Å². The predicted molar refractivity (Wildman–Crippen MR) is 104 cm³/mol. The highest BCUT2D eigenvalue weighted by molar-refractivity contribution is 5.78. The smallest absolute Gasteiger partial charge is 0.224 e. The minimum absolute atomic E-state index is 0.132. The fourth-order valence-corrected chi connectivity index (χ4v) is 3.09. The molecule has 144 valence electrons. The third kappa shape index (κ3) is 5.45. The molecule has 1 aliphatic rings. The van der Waals surface area contributed by atoms with Crippen molar-refractivity contribution >= 4 is 11.6 Å². The number of aliphatic hydroxyl groups excluding tert-OH is 1. The van der Waals surface area contributed by atoms with Gasteiger partial charge in [0, 0.05) is 25.3 Å². The van der Waals surface area contributed by atoms with Crippen molar-refractivity contribution in [2.45, 2.75) is 12.5 Å². The van der Waals surface area contributed by atoms with Gasteiger partial charge in [0.1, 0.15) is 5.75 Å². The van der Waals surface area contributed by atoms with Crippen LogP contribution < -0.4 is 15.0 Å². The maximum atomic E-state index is 12.1. The first-order chi connectivity index (χ1) is 13.2. The van der Waals surface area contributed by atoms with Crippen molar-refractivity contribution in [1.82, 2.24) is 5.32 Å². The Labute approximate surface area is 159 Å². The number of rotatable bonds is 7. The van der Waals surface area contributed by atoms with E-state index in [0.29, 0.717) is 0 Å². The topological polar surface area (TPSA) is 71.0 Å². The van der Waals surface area contributed by atoms with E-state index in [2.05, 4.69) is 10.2 Å². The summed E-state index contributed by atoms with van der Waals surface area (Å²) >= 11 is 0. The fourth-order valence-electron chi connectivity index (χ4n) is 3.09. The van der Waals surface area contributed by atoms with Crippen molar-refractivity contribution in [1.29, 1.82) is 0 Å². The summed E-state index contributed by atoms with van der Waals surface area (Å²) in [6.45, 7) is 3.41. The number of morpholine rings is 1. The zero-order chi connectivity index (χ0) is 19.1. The van der Waals surface area contributed by atoms with Gasteiger partial charge in [-0.2, -0.15) is 0 Å². The molecule has 3 rings (SSSR count). The molecular weight excluding hydrogens is 344 g/mol. The molecule has 6 nitrogen and oxygen atoms in total. The number of anilines is 1. The normalized spacial score (nSPS) is 15.3.